The third kappa shape index (κ3) is 3.07. The van der Waals surface area contributed by atoms with E-state index in [4.69, 9.17) is 0 Å². The standard InChI is InChI=1S/C16H21N3O/c1-4-8-13-11-14(19-18-13)17-15(20)16(2,3)12-9-6-5-7-10-12/h5-7,9-11H,4,8H2,1-3H3,(H2,17,18,19,20). The van der Waals surface area contributed by atoms with Crippen LogP contribution in [0.2, 0.25) is 0 Å². The van der Waals surface area contributed by atoms with Crippen molar-refractivity contribution in [1.29, 1.82) is 0 Å². The molecule has 0 aliphatic rings. The highest BCUT2D eigenvalue weighted by Gasteiger charge is 2.30. The number of aryl methyl sites for hydroxylation is 1. The largest absolute Gasteiger partial charge is 0.308 e. The van der Waals surface area contributed by atoms with Gasteiger partial charge in [0.2, 0.25) is 5.91 Å². The first kappa shape index (κ1) is 14.3. The lowest BCUT2D eigenvalue weighted by molar-refractivity contribution is -0.120. The molecule has 1 amide bonds. The van der Waals surface area contributed by atoms with Crippen molar-refractivity contribution in [1.82, 2.24) is 10.2 Å². The molecule has 2 rings (SSSR count). The molecule has 0 fully saturated rings. The fraction of sp³-hybridized carbons (Fsp3) is 0.375. The number of aromatic nitrogens is 2. The molecule has 1 aromatic carbocycles. The van der Waals surface area contributed by atoms with Gasteiger partial charge in [0, 0.05) is 11.8 Å². The van der Waals surface area contributed by atoms with Crippen molar-refractivity contribution < 1.29 is 4.79 Å². The van der Waals surface area contributed by atoms with Crippen LogP contribution in [0.1, 0.15) is 38.4 Å². The summed E-state index contributed by atoms with van der Waals surface area (Å²) in [7, 11) is 0. The Labute approximate surface area is 119 Å². The van der Waals surface area contributed by atoms with Crippen LogP contribution in [0.3, 0.4) is 0 Å². The number of aromatic amines is 1. The monoisotopic (exact) mass is 271 g/mol. The van der Waals surface area contributed by atoms with Crippen molar-refractivity contribution >= 4 is 11.7 Å². The van der Waals surface area contributed by atoms with Crippen molar-refractivity contribution in [2.75, 3.05) is 5.32 Å². The second-order valence-electron chi connectivity index (χ2n) is 5.47. The highest BCUT2D eigenvalue weighted by atomic mass is 16.2. The van der Waals surface area contributed by atoms with E-state index in [1.54, 1.807) is 0 Å². The molecule has 0 saturated carbocycles. The van der Waals surface area contributed by atoms with Gasteiger partial charge in [0.1, 0.15) is 0 Å². The van der Waals surface area contributed by atoms with E-state index in [9.17, 15) is 4.79 Å². The van der Waals surface area contributed by atoms with Gasteiger partial charge in [-0.05, 0) is 25.8 Å². The van der Waals surface area contributed by atoms with E-state index in [-0.39, 0.29) is 5.91 Å². The SMILES string of the molecule is CCCc1cc(NC(=O)C(C)(C)c2ccccc2)n[nH]1. The molecule has 0 aliphatic carbocycles. The minimum atomic E-state index is -0.592. The van der Waals surface area contributed by atoms with Gasteiger partial charge in [0.15, 0.2) is 5.82 Å². The van der Waals surface area contributed by atoms with Crippen molar-refractivity contribution in [3.63, 3.8) is 0 Å². The first-order valence-electron chi connectivity index (χ1n) is 6.95. The zero-order valence-corrected chi connectivity index (χ0v) is 12.2. The fourth-order valence-corrected chi connectivity index (χ4v) is 2.08. The van der Waals surface area contributed by atoms with Crippen LogP contribution in [-0.4, -0.2) is 16.1 Å². The molecule has 4 heteroatoms. The van der Waals surface area contributed by atoms with Gasteiger partial charge >= 0.3 is 0 Å². The number of anilines is 1. The molecule has 106 valence electrons. The molecule has 1 aromatic heterocycles. The Morgan fingerprint density at radius 1 is 1.30 bits per heavy atom. The van der Waals surface area contributed by atoms with Gasteiger partial charge in [-0.25, -0.2) is 0 Å². The van der Waals surface area contributed by atoms with Crippen molar-refractivity contribution in [2.24, 2.45) is 0 Å². The molecule has 20 heavy (non-hydrogen) atoms. The first-order valence-corrected chi connectivity index (χ1v) is 6.95. The first-order chi connectivity index (χ1) is 9.54. The molecule has 0 radical (unpaired) electrons. The Kier molecular flexibility index (Phi) is 4.23. The van der Waals surface area contributed by atoms with Crippen LogP contribution in [0, 0.1) is 0 Å². The molecule has 0 bridgehead atoms. The number of hydrogen-bond acceptors (Lipinski definition) is 2. The van der Waals surface area contributed by atoms with Gasteiger partial charge < -0.3 is 5.32 Å². The van der Waals surface area contributed by atoms with Crippen LogP contribution >= 0.6 is 0 Å². The lowest BCUT2D eigenvalue weighted by Crippen LogP contribution is -2.34. The number of amides is 1. The van der Waals surface area contributed by atoms with Gasteiger partial charge in [-0.15, -0.1) is 0 Å². The molecular formula is C16H21N3O. The Bertz CT molecular complexity index is 572. The average molecular weight is 271 g/mol. The van der Waals surface area contributed by atoms with Crippen LogP contribution in [0.4, 0.5) is 5.82 Å². The highest BCUT2D eigenvalue weighted by Crippen LogP contribution is 2.24. The van der Waals surface area contributed by atoms with Crippen LogP contribution in [0.5, 0.6) is 0 Å². The van der Waals surface area contributed by atoms with Gasteiger partial charge in [-0.3, -0.25) is 9.89 Å². The molecule has 1 heterocycles. The second kappa shape index (κ2) is 5.90. The number of carbonyl (C=O) groups excluding carboxylic acids is 1. The number of rotatable bonds is 5. The summed E-state index contributed by atoms with van der Waals surface area (Å²) in [6.07, 6.45) is 1.98. The molecule has 2 aromatic rings. The fourth-order valence-electron chi connectivity index (χ4n) is 2.08. The van der Waals surface area contributed by atoms with Gasteiger partial charge in [-0.2, -0.15) is 5.10 Å². The Balaban J connectivity index is 2.10. The Hall–Kier alpha value is -2.10. The van der Waals surface area contributed by atoms with Crippen LogP contribution in [0.15, 0.2) is 36.4 Å². The zero-order valence-electron chi connectivity index (χ0n) is 12.2. The second-order valence-corrected chi connectivity index (χ2v) is 5.47. The normalized spacial score (nSPS) is 11.3. The minimum Gasteiger partial charge on any atom is -0.308 e. The van der Waals surface area contributed by atoms with Gasteiger partial charge in [0.05, 0.1) is 5.41 Å². The van der Waals surface area contributed by atoms with Gasteiger partial charge in [-0.1, -0.05) is 43.7 Å². The lowest BCUT2D eigenvalue weighted by atomic mass is 9.84. The smallest absolute Gasteiger partial charge is 0.235 e. The number of benzene rings is 1. The third-order valence-corrected chi connectivity index (χ3v) is 3.45. The van der Waals surface area contributed by atoms with E-state index in [1.165, 1.54) is 0 Å². The molecule has 0 unspecified atom stereocenters. The maximum Gasteiger partial charge on any atom is 0.235 e. The zero-order chi connectivity index (χ0) is 14.6. The summed E-state index contributed by atoms with van der Waals surface area (Å²) in [5, 5.41) is 9.94. The summed E-state index contributed by atoms with van der Waals surface area (Å²) in [6.45, 7) is 5.94. The molecule has 0 spiro atoms. The van der Waals surface area contributed by atoms with E-state index in [1.807, 2.05) is 50.2 Å². The summed E-state index contributed by atoms with van der Waals surface area (Å²) in [5.74, 6) is 0.528. The summed E-state index contributed by atoms with van der Waals surface area (Å²) in [4.78, 5) is 12.4. The Morgan fingerprint density at radius 3 is 2.65 bits per heavy atom. The average Bonchev–Trinajstić information content (AvgIpc) is 2.87. The topological polar surface area (TPSA) is 57.8 Å². The molecule has 0 aliphatic heterocycles. The van der Waals surface area contributed by atoms with Gasteiger partial charge in [0.25, 0.3) is 0 Å². The van der Waals surface area contributed by atoms with E-state index >= 15 is 0 Å². The summed E-state index contributed by atoms with van der Waals surface area (Å²) in [6, 6.07) is 11.7. The quantitative estimate of drug-likeness (QED) is 0.876. The third-order valence-electron chi connectivity index (χ3n) is 3.45. The van der Waals surface area contributed by atoms with Crippen LogP contribution < -0.4 is 5.32 Å². The van der Waals surface area contributed by atoms with Crippen molar-refractivity contribution in [3.8, 4) is 0 Å². The molecule has 2 N–H and O–H groups in total. The van der Waals surface area contributed by atoms with Crippen LogP contribution in [-0.2, 0) is 16.6 Å². The molecular weight excluding hydrogens is 250 g/mol. The number of nitrogens with zero attached hydrogens (tertiary/aromatic N) is 1. The Morgan fingerprint density at radius 2 is 2.00 bits per heavy atom. The summed E-state index contributed by atoms with van der Waals surface area (Å²) >= 11 is 0. The van der Waals surface area contributed by atoms with Crippen molar-refractivity contribution in [3.05, 3.63) is 47.7 Å². The number of H-pyrrole nitrogens is 1. The number of nitrogens with one attached hydrogen (secondary N) is 2. The van der Waals surface area contributed by atoms with E-state index in [0.717, 1.165) is 24.1 Å². The van der Waals surface area contributed by atoms with Crippen molar-refractivity contribution in [2.45, 2.75) is 39.0 Å². The number of carbonyl (C=O) groups is 1. The van der Waals surface area contributed by atoms with E-state index in [2.05, 4.69) is 22.4 Å². The predicted molar refractivity (Wildman–Crippen MR) is 80.7 cm³/mol. The van der Waals surface area contributed by atoms with E-state index < -0.39 is 5.41 Å². The summed E-state index contributed by atoms with van der Waals surface area (Å²) < 4.78 is 0. The van der Waals surface area contributed by atoms with E-state index in [0.29, 0.717) is 5.82 Å². The lowest BCUT2D eigenvalue weighted by Gasteiger charge is -2.23. The maximum atomic E-state index is 12.4. The van der Waals surface area contributed by atoms with Crippen LogP contribution in [0.25, 0.3) is 0 Å². The maximum absolute atomic E-state index is 12.4. The highest BCUT2D eigenvalue weighted by molar-refractivity contribution is 5.97. The number of hydrogen-bond donors (Lipinski definition) is 2. The molecule has 4 nitrogen and oxygen atoms in total. The molecule has 0 atom stereocenters. The minimum absolute atomic E-state index is 0.0572. The molecule has 0 saturated heterocycles. The summed E-state index contributed by atoms with van der Waals surface area (Å²) in [5.41, 5.74) is 1.44. The predicted octanol–water partition coefficient (Wildman–Crippen LogP) is 3.28.